The van der Waals surface area contributed by atoms with Crippen molar-refractivity contribution in [3.05, 3.63) is 22.4 Å². The molecule has 0 aliphatic carbocycles. The van der Waals surface area contributed by atoms with Crippen molar-refractivity contribution in [1.82, 2.24) is 5.32 Å². The summed E-state index contributed by atoms with van der Waals surface area (Å²) < 4.78 is 5.57. The zero-order valence-corrected chi connectivity index (χ0v) is 12.8. The van der Waals surface area contributed by atoms with Crippen molar-refractivity contribution in [3.63, 3.8) is 0 Å². The van der Waals surface area contributed by atoms with Gasteiger partial charge in [-0.3, -0.25) is 10.1 Å². The summed E-state index contributed by atoms with van der Waals surface area (Å²) in [7, 11) is 0. The van der Waals surface area contributed by atoms with E-state index in [2.05, 4.69) is 31.1 Å². The maximum Gasteiger partial charge on any atom is 0.291 e. The number of ether oxygens (including phenoxy) is 1. The number of carbonyl (C=O) groups is 1. The minimum Gasteiger partial charge on any atom is -0.465 e. The summed E-state index contributed by atoms with van der Waals surface area (Å²) >= 11 is 1.40. The molecule has 1 aromatic rings. The number of thiophene rings is 1. The van der Waals surface area contributed by atoms with Crippen LogP contribution < -0.4 is 5.32 Å². The van der Waals surface area contributed by atoms with Crippen LogP contribution in [0.25, 0.3) is 0 Å². The number of hydrogen-bond donors (Lipinski definition) is 1. The van der Waals surface area contributed by atoms with E-state index in [9.17, 15) is 4.79 Å². The van der Waals surface area contributed by atoms with Crippen molar-refractivity contribution in [2.24, 2.45) is 10.9 Å². The lowest BCUT2D eigenvalue weighted by atomic mass is 10.2. The third-order valence-corrected chi connectivity index (χ3v) is 3.32. The van der Waals surface area contributed by atoms with E-state index in [1.54, 1.807) is 6.07 Å². The second-order valence-electron chi connectivity index (χ2n) is 4.83. The van der Waals surface area contributed by atoms with Gasteiger partial charge in [-0.2, -0.15) is 0 Å². The Labute approximate surface area is 118 Å². The minimum atomic E-state index is -0.166. The van der Waals surface area contributed by atoms with E-state index in [0.29, 0.717) is 23.4 Å². The number of hydrogen-bond acceptors (Lipinski definition) is 4. The van der Waals surface area contributed by atoms with Crippen molar-refractivity contribution in [2.45, 2.75) is 40.2 Å². The molecule has 0 fully saturated rings. The lowest BCUT2D eigenvalue weighted by Gasteiger charge is -2.13. The SMILES string of the molecule is CC[C@@H](C)N=C(NC(=O)c1cccs1)OCC(C)C. The highest BCUT2D eigenvalue weighted by Crippen LogP contribution is 2.08. The molecule has 5 heteroatoms. The summed E-state index contributed by atoms with van der Waals surface area (Å²) in [5.74, 6) is 0.224. The van der Waals surface area contributed by atoms with Crippen LogP contribution in [0.5, 0.6) is 0 Å². The normalized spacial score (nSPS) is 13.4. The summed E-state index contributed by atoms with van der Waals surface area (Å²) in [6.07, 6.45) is 0.906. The second kappa shape index (κ2) is 7.94. The van der Waals surface area contributed by atoms with E-state index in [-0.39, 0.29) is 11.9 Å². The fourth-order valence-corrected chi connectivity index (χ4v) is 1.83. The van der Waals surface area contributed by atoms with E-state index in [0.717, 1.165) is 6.42 Å². The van der Waals surface area contributed by atoms with E-state index in [4.69, 9.17) is 4.74 Å². The molecule has 0 saturated heterocycles. The summed E-state index contributed by atoms with van der Waals surface area (Å²) in [6, 6.07) is 4.08. The van der Waals surface area contributed by atoms with Crippen molar-refractivity contribution < 1.29 is 9.53 Å². The minimum absolute atomic E-state index is 0.130. The highest BCUT2D eigenvalue weighted by Gasteiger charge is 2.12. The Hall–Kier alpha value is -1.36. The average Bonchev–Trinajstić information content (AvgIpc) is 2.89. The van der Waals surface area contributed by atoms with Crippen molar-refractivity contribution >= 4 is 23.3 Å². The Morgan fingerprint density at radius 3 is 2.74 bits per heavy atom. The molecule has 1 aromatic heterocycles. The van der Waals surface area contributed by atoms with Crippen LogP contribution in [-0.4, -0.2) is 24.6 Å². The fourth-order valence-electron chi connectivity index (χ4n) is 1.21. The quantitative estimate of drug-likeness (QED) is 0.665. The van der Waals surface area contributed by atoms with Crippen LogP contribution >= 0.6 is 11.3 Å². The molecule has 1 rings (SSSR count). The molecule has 0 bridgehead atoms. The van der Waals surface area contributed by atoms with Crippen LogP contribution in [-0.2, 0) is 4.74 Å². The lowest BCUT2D eigenvalue weighted by Crippen LogP contribution is -2.33. The third kappa shape index (κ3) is 5.87. The number of nitrogens with zero attached hydrogens (tertiary/aromatic N) is 1. The molecule has 0 aromatic carbocycles. The molecule has 1 atom stereocenters. The Balaban J connectivity index is 2.68. The van der Waals surface area contributed by atoms with Crippen LogP contribution in [0.1, 0.15) is 43.8 Å². The highest BCUT2D eigenvalue weighted by molar-refractivity contribution is 7.12. The number of nitrogens with one attached hydrogen (secondary N) is 1. The molecule has 0 unspecified atom stereocenters. The zero-order valence-electron chi connectivity index (χ0n) is 12.0. The van der Waals surface area contributed by atoms with E-state index < -0.39 is 0 Å². The standard InChI is InChI=1S/C14H22N2O2S/c1-5-11(4)15-14(18-9-10(2)3)16-13(17)12-7-6-8-19-12/h6-8,10-11H,5,9H2,1-4H3,(H,15,16,17)/t11-/m1/s1. The van der Waals surface area contributed by atoms with Gasteiger partial charge in [-0.05, 0) is 30.7 Å². The topological polar surface area (TPSA) is 50.7 Å². The van der Waals surface area contributed by atoms with Crippen molar-refractivity contribution in [1.29, 1.82) is 0 Å². The van der Waals surface area contributed by atoms with Crippen molar-refractivity contribution in [3.8, 4) is 0 Å². The summed E-state index contributed by atoms with van der Waals surface area (Å²) in [4.78, 5) is 17.0. The van der Waals surface area contributed by atoms with Gasteiger partial charge in [-0.15, -0.1) is 11.3 Å². The van der Waals surface area contributed by atoms with Crippen LogP contribution in [0.2, 0.25) is 0 Å². The van der Waals surface area contributed by atoms with Gasteiger partial charge in [0.25, 0.3) is 11.9 Å². The lowest BCUT2D eigenvalue weighted by molar-refractivity contribution is 0.0967. The van der Waals surface area contributed by atoms with Gasteiger partial charge in [-0.25, -0.2) is 4.99 Å². The molecule has 0 radical (unpaired) electrons. The maximum atomic E-state index is 12.0. The highest BCUT2D eigenvalue weighted by atomic mass is 32.1. The maximum absolute atomic E-state index is 12.0. The molecule has 4 nitrogen and oxygen atoms in total. The first kappa shape index (κ1) is 15.7. The van der Waals surface area contributed by atoms with Crippen molar-refractivity contribution in [2.75, 3.05) is 6.61 Å². The van der Waals surface area contributed by atoms with Gasteiger partial charge in [-0.1, -0.05) is 26.8 Å². The Bertz CT molecular complexity index is 413. The monoisotopic (exact) mass is 282 g/mol. The van der Waals surface area contributed by atoms with Crippen LogP contribution in [0, 0.1) is 5.92 Å². The average molecular weight is 282 g/mol. The summed E-state index contributed by atoms with van der Waals surface area (Å²) in [5.41, 5.74) is 0. The summed E-state index contributed by atoms with van der Waals surface area (Å²) in [6.45, 7) is 8.70. The number of carbonyl (C=O) groups excluding carboxylic acids is 1. The first-order chi connectivity index (χ1) is 9.02. The number of aliphatic imine (C=N–C) groups is 1. The number of amidine groups is 1. The summed E-state index contributed by atoms with van der Waals surface area (Å²) in [5, 5.41) is 4.61. The Morgan fingerprint density at radius 2 is 2.21 bits per heavy atom. The Kier molecular flexibility index (Phi) is 6.56. The molecular weight excluding hydrogens is 260 g/mol. The first-order valence-electron chi connectivity index (χ1n) is 6.58. The Morgan fingerprint density at radius 1 is 1.47 bits per heavy atom. The molecule has 0 aliphatic rings. The van der Waals surface area contributed by atoms with Gasteiger partial charge < -0.3 is 4.74 Å². The molecule has 0 spiro atoms. The fraction of sp³-hybridized carbons (Fsp3) is 0.571. The largest absolute Gasteiger partial charge is 0.465 e. The smallest absolute Gasteiger partial charge is 0.291 e. The number of rotatable bonds is 5. The molecule has 0 saturated carbocycles. The number of amides is 1. The van der Waals surface area contributed by atoms with Gasteiger partial charge in [0.15, 0.2) is 0 Å². The molecular formula is C14H22N2O2S. The van der Waals surface area contributed by atoms with Gasteiger partial charge in [0.05, 0.1) is 17.5 Å². The molecule has 1 heterocycles. The third-order valence-electron chi connectivity index (χ3n) is 2.45. The van der Waals surface area contributed by atoms with Gasteiger partial charge in [0.1, 0.15) is 0 Å². The molecule has 1 amide bonds. The van der Waals surface area contributed by atoms with Gasteiger partial charge in [0, 0.05) is 0 Å². The predicted molar refractivity (Wildman–Crippen MR) is 79.8 cm³/mol. The van der Waals surface area contributed by atoms with E-state index >= 15 is 0 Å². The molecule has 106 valence electrons. The van der Waals surface area contributed by atoms with Crippen LogP contribution in [0.4, 0.5) is 0 Å². The molecule has 1 N–H and O–H groups in total. The predicted octanol–water partition coefficient (Wildman–Crippen LogP) is 3.31. The zero-order chi connectivity index (χ0) is 14.3. The van der Waals surface area contributed by atoms with Gasteiger partial charge >= 0.3 is 0 Å². The van der Waals surface area contributed by atoms with Crippen LogP contribution in [0.15, 0.2) is 22.5 Å². The second-order valence-corrected chi connectivity index (χ2v) is 5.78. The molecule has 0 aliphatic heterocycles. The van der Waals surface area contributed by atoms with E-state index in [1.807, 2.05) is 18.4 Å². The first-order valence-corrected chi connectivity index (χ1v) is 7.46. The molecule has 19 heavy (non-hydrogen) atoms. The van der Waals surface area contributed by atoms with E-state index in [1.165, 1.54) is 11.3 Å². The van der Waals surface area contributed by atoms with Gasteiger partial charge in [0.2, 0.25) is 0 Å². The van der Waals surface area contributed by atoms with Crippen LogP contribution in [0.3, 0.4) is 0 Å².